The number of carbonyl (C=O) groups excluding carboxylic acids is 1. The van der Waals surface area contributed by atoms with Crippen LogP contribution in [0.25, 0.3) is 0 Å². The molecule has 24 heavy (non-hydrogen) atoms. The lowest BCUT2D eigenvalue weighted by Crippen LogP contribution is -2.47. The number of carbonyl (C=O) groups is 1. The number of nitrogens with zero attached hydrogens (tertiary/aromatic N) is 2. The van der Waals surface area contributed by atoms with Gasteiger partial charge in [-0.15, -0.1) is 0 Å². The van der Waals surface area contributed by atoms with Crippen LogP contribution in [0.15, 0.2) is 24.3 Å². The Labute approximate surface area is 142 Å². The normalized spacial score (nSPS) is 33.7. The molecule has 0 aromatic heterocycles. The third kappa shape index (κ3) is 3.07. The first-order valence-corrected chi connectivity index (χ1v) is 8.99. The van der Waals surface area contributed by atoms with Gasteiger partial charge in [-0.2, -0.15) is 0 Å². The predicted octanol–water partition coefficient (Wildman–Crippen LogP) is 2.11. The topological polar surface area (TPSA) is 32.8 Å². The molecule has 130 valence electrons. The lowest BCUT2D eigenvalue weighted by atomic mass is 10.0. The van der Waals surface area contributed by atoms with Crippen LogP contribution >= 0.6 is 0 Å². The van der Waals surface area contributed by atoms with Crippen molar-refractivity contribution in [2.75, 3.05) is 39.4 Å². The van der Waals surface area contributed by atoms with Crippen LogP contribution in [0.1, 0.15) is 24.8 Å². The number of hydrogen-bond acceptors (Lipinski definition) is 3. The van der Waals surface area contributed by atoms with Crippen LogP contribution in [0.3, 0.4) is 0 Å². The fraction of sp³-hybridized carbons (Fsp3) is 0.632. The summed E-state index contributed by atoms with van der Waals surface area (Å²) in [5.41, 5.74) is 1.09. The number of halogens is 1. The molecule has 4 rings (SSSR count). The molecule has 4 nitrogen and oxygen atoms in total. The van der Waals surface area contributed by atoms with E-state index in [1.165, 1.54) is 12.1 Å². The maximum Gasteiger partial charge on any atom is 0.226 e. The first-order valence-electron chi connectivity index (χ1n) is 8.99. The van der Waals surface area contributed by atoms with Gasteiger partial charge in [0.2, 0.25) is 5.91 Å². The molecule has 0 bridgehead atoms. The van der Waals surface area contributed by atoms with E-state index in [0.29, 0.717) is 12.0 Å². The van der Waals surface area contributed by atoms with Gasteiger partial charge < -0.3 is 9.64 Å². The van der Waals surface area contributed by atoms with Crippen molar-refractivity contribution in [3.8, 4) is 0 Å². The Morgan fingerprint density at radius 3 is 2.58 bits per heavy atom. The maximum absolute atomic E-state index is 13.0. The van der Waals surface area contributed by atoms with Crippen LogP contribution in [0.2, 0.25) is 0 Å². The van der Waals surface area contributed by atoms with E-state index in [2.05, 4.69) is 16.7 Å². The van der Waals surface area contributed by atoms with Crippen LogP contribution < -0.4 is 0 Å². The van der Waals surface area contributed by atoms with Crippen molar-refractivity contribution < 1.29 is 13.9 Å². The van der Waals surface area contributed by atoms with E-state index >= 15 is 0 Å². The summed E-state index contributed by atoms with van der Waals surface area (Å²) in [5.74, 6) is 0.938. The highest BCUT2D eigenvalue weighted by molar-refractivity contribution is 5.83. The minimum Gasteiger partial charge on any atom is -0.379 e. The van der Waals surface area contributed by atoms with E-state index in [4.69, 9.17) is 4.74 Å². The molecule has 0 unspecified atom stereocenters. The lowest BCUT2D eigenvalue weighted by molar-refractivity contribution is -0.131. The zero-order chi connectivity index (χ0) is 16.7. The predicted molar refractivity (Wildman–Crippen MR) is 89.2 cm³/mol. The summed E-state index contributed by atoms with van der Waals surface area (Å²) in [6, 6.07) is 7.07. The van der Waals surface area contributed by atoms with Gasteiger partial charge >= 0.3 is 0 Å². The van der Waals surface area contributed by atoms with Gasteiger partial charge in [0.05, 0.1) is 13.2 Å². The molecular formula is C19H25FN2O2. The van der Waals surface area contributed by atoms with Gasteiger partial charge in [-0.1, -0.05) is 19.1 Å². The molecule has 5 heteroatoms. The van der Waals surface area contributed by atoms with E-state index < -0.39 is 0 Å². The summed E-state index contributed by atoms with van der Waals surface area (Å²) in [5, 5.41) is 0. The van der Waals surface area contributed by atoms with Crippen LogP contribution in [-0.4, -0.2) is 61.1 Å². The van der Waals surface area contributed by atoms with E-state index in [9.17, 15) is 9.18 Å². The monoisotopic (exact) mass is 332 g/mol. The number of benzene rings is 1. The van der Waals surface area contributed by atoms with E-state index in [-0.39, 0.29) is 23.6 Å². The van der Waals surface area contributed by atoms with Crippen molar-refractivity contribution in [1.29, 1.82) is 0 Å². The van der Waals surface area contributed by atoms with Gasteiger partial charge in [0.25, 0.3) is 0 Å². The molecule has 2 heterocycles. The molecule has 3 fully saturated rings. The third-order valence-electron chi connectivity index (χ3n) is 5.80. The van der Waals surface area contributed by atoms with Crippen molar-refractivity contribution in [2.45, 2.75) is 25.3 Å². The minimum absolute atomic E-state index is 0.0890. The van der Waals surface area contributed by atoms with Gasteiger partial charge in [0.1, 0.15) is 5.82 Å². The van der Waals surface area contributed by atoms with Gasteiger partial charge in [-0.25, -0.2) is 4.39 Å². The average Bonchev–Trinajstić information content (AvgIpc) is 3.31. The fourth-order valence-corrected chi connectivity index (χ4v) is 4.29. The van der Waals surface area contributed by atoms with Crippen molar-refractivity contribution in [3.05, 3.63) is 35.6 Å². The third-order valence-corrected chi connectivity index (χ3v) is 5.80. The average molecular weight is 332 g/mol. The minimum atomic E-state index is -0.219. The van der Waals surface area contributed by atoms with E-state index in [1.54, 1.807) is 0 Å². The Kier molecular flexibility index (Phi) is 4.31. The second-order valence-corrected chi connectivity index (χ2v) is 7.44. The van der Waals surface area contributed by atoms with Crippen LogP contribution in [0.4, 0.5) is 4.39 Å². The second-order valence-electron chi connectivity index (χ2n) is 7.44. The number of rotatable bonds is 3. The number of likely N-dealkylation sites (tertiary alicyclic amines) is 1. The molecule has 2 saturated heterocycles. The van der Waals surface area contributed by atoms with Gasteiger partial charge in [0, 0.05) is 38.1 Å². The number of amides is 1. The summed E-state index contributed by atoms with van der Waals surface area (Å²) < 4.78 is 18.5. The molecule has 2 aliphatic heterocycles. The Bertz CT molecular complexity index is 600. The molecule has 3 aliphatic rings. The molecule has 4 atom stereocenters. The first-order chi connectivity index (χ1) is 11.6. The Balaban J connectivity index is 1.36. The standard InChI is InChI=1S/C19H25FN2O2/c1-13-11-22(12-18(13)21-6-8-24-9-7-21)19(23)17-10-16(17)14-2-4-15(20)5-3-14/h2-5,13,16-18H,6-12H2,1H3/t13-,16+,17-,18+/m1/s1. The van der Waals surface area contributed by atoms with Crippen molar-refractivity contribution >= 4 is 5.91 Å². The Morgan fingerprint density at radius 1 is 1.17 bits per heavy atom. The zero-order valence-corrected chi connectivity index (χ0v) is 14.2. The summed E-state index contributed by atoms with van der Waals surface area (Å²) in [6.07, 6.45) is 0.900. The smallest absolute Gasteiger partial charge is 0.226 e. The van der Waals surface area contributed by atoms with Gasteiger partial charge in [-0.3, -0.25) is 9.69 Å². The molecular weight excluding hydrogens is 307 g/mol. The Hall–Kier alpha value is -1.46. The molecule has 0 N–H and O–H groups in total. The second kappa shape index (κ2) is 6.45. The van der Waals surface area contributed by atoms with E-state index in [0.717, 1.165) is 51.4 Å². The summed E-state index contributed by atoms with van der Waals surface area (Å²) in [7, 11) is 0. The first kappa shape index (κ1) is 16.0. The fourth-order valence-electron chi connectivity index (χ4n) is 4.29. The number of hydrogen-bond donors (Lipinski definition) is 0. The van der Waals surface area contributed by atoms with Gasteiger partial charge in [0.15, 0.2) is 0 Å². The molecule has 1 aromatic carbocycles. The lowest BCUT2D eigenvalue weighted by Gasteiger charge is -2.34. The molecule has 0 radical (unpaired) electrons. The highest BCUT2D eigenvalue weighted by Crippen LogP contribution is 2.49. The molecule has 0 spiro atoms. The van der Waals surface area contributed by atoms with Crippen molar-refractivity contribution in [3.63, 3.8) is 0 Å². The van der Waals surface area contributed by atoms with Gasteiger partial charge in [-0.05, 0) is 36.0 Å². The SMILES string of the molecule is C[C@@H]1CN(C(=O)[C@@H]2C[C@H]2c2ccc(F)cc2)C[C@@H]1N1CCOCC1. The van der Waals surface area contributed by atoms with Crippen LogP contribution in [0.5, 0.6) is 0 Å². The highest BCUT2D eigenvalue weighted by atomic mass is 19.1. The largest absolute Gasteiger partial charge is 0.379 e. The summed E-state index contributed by atoms with van der Waals surface area (Å²) >= 11 is 0. The molecule has 1 amide bonds. The zero-order valence-electron chi connectivity index (χ0n) is 14.2. The van der Waals surface area contributed by atoms with E-state index in [1.807, 2.05) is 12.1 Å². The highest BCUT2D eigenvalue weighted by Gasteiger charge is 2.48. The number of ether oxygens (including phenoxy) is 1. The quantitative estimate of drug-likeness (QED) is 0.850. The van der Waals surface area contributed by atoms with Crippen LogP contribution in [-0.2, 0) is 9.53 Å². The molecule has 1 aliphatic carbocycles. The van der Waals surface area contributed by atoms with Crippen molar-refractivity contribution in [2.24, 2.45) is 11.8 Å². The molecule has 1 aromatic rings. The Morgan fingerprint density at radius 2 is 1.88 bits per heavy atom. The maximum atomic E-state index is 13.0. The summed E-state index contributed by atoms with van der Waals surface area (Å²) in [4.78, 5) is 17.4. The summed E-state index contributed by atoms with van der Waals surface area (Å²) in [6.45, 7) is 7.48. The van der Waals surface area contributed by atoms with Crippen LogP contribution in [0, 0.1) is 17.7 Å². The van der Waals surface area contributed by atoms with Crippen molar-refractivity contribution in [1.82, 2.24) is 9.80 Å². The molecule has 1 saturated carbocycles. The number of morpholine rings is 1.